The van der Waals surface area contributed by atoms with Gasteiger partial charge in [-0.15, -0.1) is 0 Å². The highest BCUT2D eigenvalue weighted by Crippen LogP contribution is 2.08. The van der Waals surface area contributed by atoms with Crippen molar-refractivity contribution in [3.8, 4) is 0 Å². The molecule has 0 aromatic rings. The van der Waals surface area contributed by atoms with Gasteiger partial charge in [-0.05, 0) is 32.9 Å². The zero-order valence-corrected chi connectivity index (χ0v) is 11.5. The van der Waals surface area contributed by atoms with Gasteiger partial charge in [0.2, 0.25) is 0 Å². The number of carboxylic acids is 1. The number of hydrogen-bond acceptors (Lipinski definition) is 4. The van der Waals surface area contributed by atoms with Crippen molar-refractivity contribution in [2.45, 2.75) is 32.8 Å². The number of carbonyl (C=O) groups is 1. The molecular formula is C13H26N2O3. The second-order valence-electron chi connectivity index (χ2n) is 5.40. The van der Waals surface area contributed by atoms with E-state index in [-0.39, 0.29) is 5.92 Å². The van der Waals surface area contributed by atoms with Gasteiger partial charge in [-0.25, -0.2) is 0 Å². The molecule has 1 aliphatic rings. The Kier molecular flexibility index (Phi) is 6.60. The number of likely N-dealkylation sites (tertiary alicyclic amines) is 1. The molecular weight excluding hydrogens is 232 g/mol. The molecule has 18 heavy (non-hydrogen) atoms. The highest BCUT2D eigenvalue weighted by molar-refractivity contribution is 5.69. The van der Waals surface area contributed by atoms with Crippen molar-refractivity contribution in [3.63, 3.8) is 0 Å². The fourth-order valence-corrected chi connectivity index (χ4v) is 2.39. The lowest BCUT2D eigenvalue weighted by Crippen LogP contribution is -2.41. The maximum atomic E-state index is 10.9. The Hall–Kier alpha value is -0.650. The van der Waals surface area contributed by atoms with E-state index in [0.717, 1.165) is 26.2 Å². The van der Waals surface area contributed by atoms with Gasteiger partial charge in [0.25, 0.3) is 0 Å². The van der Waals surface area contributed by atoms with Crippen molar-refractivity contribution in [2.75, 3.05) is 39.3 Å². The summed E-state index contributed by atoms with van der Waals surface area (Å²) in [6.07, 6.45) is 2.12. The van der Waals surface area contributed by atoms with Crippen molar-refractivity contribution in [2.24, 2.45) is 5.92 Å². The molecule has 0 spiro atoms. The highest BCUT2D eigenvalue weighted by Gasteiger charge is 2.19. The lowest BCUT2D eigenvalue weighted by atomic mass is 10.1. The topological polar surface area (TPSA) is 64.0 Å². The largest absolute Gasteiger partial charge is 0.481 e. The Morgan fingerprint density at radius 3 is 2.39 bits per heavy atom. The molecule has 5 nitrogen and oxygen atoms in total. The molecule has 1 rings (SSSR count). The molecule has 1 heterocycles. The minimum absolute atomic E-state index is 0.387. The van der Waals surface area contributed by atoms with Crippen LogP contribution in [0, 0.1) is 5.92 Å². The van der Waals surface area contributed by atoms with E-state index in [1.807, 2.05) is 0 Å². The number of carboxylic acid groups (broad SMARTS) is 1. The van der Waals surface area contributed by atoms with Crippen molar-refractivity contribution in [1.29, 1.82) is 0 Å². The number of aliphatic hydroxyl groups is 1. The summed E-state index contributed by atoms with van der Waals surface area (Å²) in [5.74, 6) is -1.16. The lowest BCUT2D eigenvalue weighted by molar-refractivity contribution is -0.141. The Bertz CT molecular complexity index is 253. The maximum Gasteiger partial charge on any atom is 0.307 e. The van der Waals surface area contributed by atoms with E-state index in [1.165, 1.54) is 12.8 Å². The van der Waals surface area contributed by atoms with Crippen LogP contribution < -0.4 is 0 Å². The van der Waals surface area contributed by atoms with Gasteiger partial charge in [-0.2, -0.15) is 0 Å². The Morgan fingerprint density at radius 2 is 1.89 bits per heavy atom. The van der Waals surface area contributed by atoms with E-state index in [2.05, 4.69) is 9.80 Å². The smallest absolute Gasteiger partial charge is 0.307 e. The second kappa shape index (κ2) is 7.71. The molecule has 0 aromatic carbocycles. The van der Waals surface area contributed by atoms with Crippen molar-refractivity contribution >= 4 is 5.97 Å². The van der Waals surface area contributed by atoms with Crippen LogP contribution in [0.25, 0.3) is 0 Å². The quantitative estimate of drug-likeness (QED) is 0.663. The first-order valence-corrected chi connectivity index (χ1v) is 6.84. The van der Waals surface area contributed by atoms with Gasteiger partial charge >= 0.3 is 5.97 Å². The number of rotatable bonds is 8. The normalized spacial score (nSPS) is 20.2. The molecule has 2 N–H and O–H groups in total. The summed E-state index contributed by atoms with van der Waals surface area (Å²) in [6.45, 7) is 8.62. The molecule has 0 bridgehead atoms. The third-order valence-corrected chi connectivity index (χ3v) is 3.41. The van der Waals surface area contributed by atoms with Crippen LogP contribution in [0.1, 0.15) is 26.7 Å². The lowest BCUT2D eigenvalue weighted by Gasteiger charge is -2.27. The summed E-state index contributed by atoms with van der Waals surface area (Å²) in [4.78, 5) is 15.3. The molecule has 5 heteroatoms. The third kappa shape index (κ3) is 5.80. The van der Waals surface area contributed by atoms with Crippen LogP contribution >= 0.6 is 0 Å². The number of aliphatic hydroxyl groups excluding tert-OH is 1. The summed E-state index contributed by atoms with van der Waals surface area (Å²) in [6, 6.07) is 0. The van der Waals surface area contributed by atoms with Crippen LogP contribution in [-0.4, -0.2) is 71.4 Å². The molecule has 2 unspecified atom stereocenters. The van der Waals surface area contributed by atoms with Crippen LogP contribution in [0.3, 0.4) is 0 Å². The monoisotopic (exact) mass is 258 g/mol. The Morgan fingerprint density at radius 1 is 1.28 bits per heavy atom. The maximum absolute atomic E-state index is 10.9. The average Bonchev–Trinajstić information content (AvgIpc) is 2.77. The first-order chi connectivity index (χ1) is 8.49. The summed E-state index contributed by atoms with van der Waals surface area (Å²) < 4.78 is 0. The summed E-state index contributed by atoms with van der Waals surface area (Å²) >= 11 is 0. The van der Waals surface area contributed by atoms with E-state index in [9.17, 15) is 9.90 Å². The summed E-state index contributed by atoms with van der Waals surface area (Å²) in [7, 11) is 0. The van der Waals surface area contributed by atoms with Crippen LogP contribution in [0.5, 0.6) is 0 Å². The predicted octanol–water partition coefficient (Wildman–Crippen LogP) is 0.486. The Balaban J connectivity index is 2.36. The van der Waals surface area contributed by atoms with Gasteiger partial charge < -0.3 is 15.1 Å². The summed E-state index contributed by atoms with van der Waals surface area (Å²) in [5.41, 5.74) is 0. The molecule has 0 aliphatic carbocycles. The standard InChI is InChI=1S/C13H26N2O3/c1-11(13(17)18)9-15(10-12(2)16)8-7-14-5-3-4-6-14/h11-12,16H,3-10H2,1-2H3,(H,17,18). The molecule has 0 radical (unpaired) electrons. The average molecular weight is 258 g/mol. The molecule has 1 aliphatic heterocycles. The predicted molar refractivity (Wildman–Crippen MR) is 70.6 cm³/mol. The molecule has 0 aromatic heterocycles. The van der Waals surface area contributed by atoms with Crippen molar-refractivity contribution in [3.05, 3.63) is 0 Å². The van der Waals surface area contributed by atoms with Crippen molar-refractivity contribution in [1.82, 2.24) is 9.80 Å². The van der Waals surface area contributed by atoms with E-state index in [1.54, 1.807) is 13.8 Å². The molecule has 106 valence electrons. The molecule has 2 atom stereocenters. The second-order valence-corrected chi connectivity index (χ2v) is 5.40. The number of aliphatic carboxylic acids is 1. The number of hydrogen-bond donors (Lipinski definition) is 2. The van der Waals surface area contributed by atoms with E-state index in [0.29, 0.717) is 13.1 Å². The van der Waals surface area contributed by atoms with Gasteiger partial charge in [0.15, 0.2) is 0 Å². The fraction of sp³-hybridized carbons (Fsp3) is 0.923. The zero-order chi connectivity index (χ0) is 13.5. The summed E-state index contributed by atoms with van der Waals surface area (Å²) in [5, 5.41) is 18.4. The SMILES string of the molecule is CC(O)CN(CCN1CCCC1)CC(C)C(=O)O. The van der Waals surface area contributed by atoms with Gasteiger partial charge in [0.05, 0.1) is 12.0 Å². The third-order valence-electron chi connectivity index (χ3n) is 3.41. The van der Waals surface area contributed by atoms with Crippen molar-refractivity contribution < 1.29 is 15.0 Å². The zero-order valence-electron chi connectivity index (χ0n) is 11.5. The van der Waals surface area contributed by atoms with Crippen LogP contribution in [0.4, 0.5) is 0 Å². The van der Waals surface area contributed by atoms with Gasteiger partial charge in [0, 0.05) is 26.2 Å². The fourth-order valence-electron chi connectivity index (χ4n) is 2.39. The molecule has 1 saturated heterocycles. The Labute approximate surface area is 109 Å². The molecule has 0 amide bonds. The van der Waals surface area contributed by atoms with E-state index < -0.39 is 12.1 Å². The van der Waals surface area contributed by atoms with E-state index in [4.69, 9.17) is 5.11 Å². The number of nitrogens with zero attached hydrogens (tertiary/aromatic N) is 2. The van der Waals surface area contributed by atoms with Gasteiger partial charge in [-0.1, -0.05) is 6.92 Å². The first kappa shape index (κ1) is 15.4. The van der Waals surface area contributed by atoms with Gasteiger partial charge in [0.1, 0.15) is 0 Å². The van der Waals surface area contributed by atoms with Gasteiger partial charge in [-0.3, -0.25) is 9.69 Å². The minimum Gasteiger partial charge on any atom is -0.481 e. The first-order valence-electron chi connectivity index (χ1n) is 6.84. The van der Waals surface area contributed by atoms with Crippen LogP contribution in [-0.2, 0) is 4.79 Å². The van der Waals surface area contributed by atoms with E-state index >= 15 is 0 Å². The van der Waals surface area contributed by atoms with Crippen LogP contribution in [0.15, 0.2) is 0 Å². The molecule has 1 fully saturated rings. The minimum atomic E-state index is -0.772. The van der Waals surface area contributed by atoms with Crippen LogP contribution in [0.2, 0.25) is 0 Å². The molecule has 0 saturated carbocycles. The highest BCUT2D eigenvalue weighted by atomic mass is 16.4.